The smallest absolute Gasteiger partial charge is 0.224 e. The molecule has 0 radical (unpaired) electrons. The van der Waals surface area contributed by atoms with Gasteiger partial charge in [0.15, 0.2) is 0 Å². The van der Waals surface area contributed by atoms with Crippen molar-refractivity contribution in [1.29, 1.82) is 0 Å². The molecule has 1 aromatic heterocycles. The second-order valence-corrected chi connectivity index (χ2v) is 7.15. The van der Waals surface area contributed by atoms with E-state index < -0.39 is 0 Å². The molecule has 0 fully saturated rings. The van der Waals surface area contributed by atoms with Crippen molar-refractivity contribution in [3.63, 3.8) is 0 Å². The first-order chi connectivity index (χ1) is 12.3. The molecule has 0 spiro atoms. The number of carbonyl (C=O) groups excluding carboxylic acids is 1. The lowest BCUT2D eigenvalue weighted by Gasteiger charge is -2.05. The van der Waals surface area contributed by atoms with Gasteiger partial charge in [-0.25, -0.2) is 4.98 Å². The van der Waals surface area contributed by atoms with Gasteiger partial charge in [0.25, 0.3) is 0 Å². The van der Waals surface area contributed by atoms with E-state index in [2.05, 4.69) is 40.6 Å². The molecule has 0 unspecified atom stereocenters. The summed E-state index contributed by atoms with van der Waals surface area (Å²) in [5, 5.41) is 6.43. The zero-order chi connectivity index (χ0) is 17.1. The first-order valence-electron chi connectivity index (χ1n) is 8.37. The van der Waals surface area contributed by atoms with Crippen LogP contribution in [-0.2, 0) is 17.6 Å². The molecule has 4 aromatic rings. The van der Waals surface area contributed by atoms with Crippen LogP contribution in [0.5, 0.6) is 0 Å². The largest absolute Gasteiger partial charge is 0.355 e. The maximum absolute atomic E-state index is 12.2. The number of fused-ring (bicyclic) bond motifs is 2. The Balaban J connectivity index is 1.33. The van der Waals surface area contributed by atoms with Gasteiger partial charge in [0.1, 0.15) is 0 Å². The maximum atomic E-state index is 12.2. The third-order valence-electron chi connectivity index (χ3n) is 4.18. The number of nitrogens with zero attached hydrogens (tertiary/aromatic N) is 1. The van der Waals surface area contributed by atoms with Crippen molar-refractivity contribution in [2.45, 2.75) is 12.8 Å². The standard InChI is InChI=1S/C21H18N2OS/c24-20(14-15-9-10-16-5-1-2-6-17(16)13-15)22-12-11-21-23-18-7-3-4-8-19(18)25-21/h1-10,13H,11-12,14H2,(H,22,24). The quantitative estimate of drug-likeness (QED) is 0.584. The number of thiazole rings is 1. The third-order valence-corrected chi connectivity index (χ3v) is 5.27. The molecule has 1 amide bonds. The van der Waals surface area contributed by atoms with Gasteiger partial charge in [0.2, 0.25) is 5.91 Å². The zero-order valence-corrected chi connectivity index (χ0v) is 14.6. The summed E-state index contributed by atoms with van der Waals surface area (Å²) in [6.07, 6.45) is 1.17. The monoisotopic (exact) mass is 346 g/mol. The summed E-state index contributed by atoms with van der Waals surface area (Å²) in [7, 11) is 0. The number of rotatable bonds is 5. The van der Waals surface area contributed by atoms with Crippen molar-refractivity contribution < 1.29 is 4.79 Å². The van der Waals surface area contributed by atoms with Crippen LogP contribution in [-0.4, -0.2) is 17.4 Å². The van der Waals surface area contributed by atoms with Gasteiger partial charge in [-0.1, -0.05) is 54.6 Å². The van der Waals surface area contributed by atoms with E-state index in [1.54, 1.807) is 11.3 Å². The SMILES string of the molecule is O=C(Cc1ccc2ccccc2c1)NCCc1nc2ccccc2s1. The summed E-state index contributed by atoms with van der Waals surface area (Å²) in [5.41, 5.74) is 2.07. The van der Waals surface area contributed by atoms with E-state index in [0.717, 1.165) is 22.5 Å². The maximum Gasteiger partial charge on any atom is 0.224 e. The molecule has 3 nitrogen and oxygen atoms in total. The van der Waals surface area contributed by atoms with Crippen LogP contribution in [0.25, 0.3) is 21.0 Å². The number of aromatic nitrogens is 1. The van der Waals surface area contributed by atoms with Crippen LogP contribution in [0, 0.1) is 0 Å². The van der Waals surface area contributed by atoms with Crippen LogP contribution >= 0.6 is 11.3 Å². The molecule has 0 bridgehead atoms. The normalized spacial score (nSPS) is 11.0. The second kappa shape index (κ2) is 7.03. The van der Waals surface area contributed by atoms with E-state index in [9.17, 15) is 4.79 Å². The van der Waals surface area contributed by atoms with Crippen molar-refractivity contribution in [1.82, 2.24) is 10.3 Å². The molecule has 0 aliphatic carbocycles. The minimum absolute atomic E-state index is 0.0522. The molecule has 0 saturated carbocycles. The van der Waals surface area contributed by atoms with Gasteiger partial charge in [-0.15, -0.1) is 11.3 Å². The number of benzene rings is 3. The molecule has 0 saturated heterocycles. The van der Waals surface area contributed by atoms with Gasteiger partial charge < -0.3 is 5.32 Å². The Hall–Kier alpha value is -2.72. The van der Waals surface area contributed by atoms with Crippen molar-refractivity contribution >= 4 is 38.2 Å². The zero-order valence-electron chi connectivity index (χ0n) is 13.7. The molecule has 4 rings (SSSR count). The number of hydrogen-bond donors (Lipinski definition) is 1. The van der Waals surface area contributed by atoms with Crippen molar-refractivity contribution in [3.8, 4) is 0 Å². The fraction of sp³-hybridized carbons (Fsp3) is 0.143. The van der Waals surface area contributed by atoms with Crippen LogP contribution in [0.1, 0.15) is 10.6 Å². The van der Waals surface area contributed by atoms with E-state index in [4.69, 9.17) is 0 Å². The Labute approximate surface area is 150 Å². The topological polar surface area (TPSA) is 42.0 Å². The lowest BCUT2D eigenvalue weighted by molar-refractivity contribution is -0.120. The predicted octanol–water partition coefficient (Wildman–Crippen LogP) is 4.35. The van der Waals surface area contributed by atoms with E-state index >= 15 is 0 Å². The number of para-hydroxylation sites is 1. The molecule has 4 heteroatoms. The average molecular weight is 346 g/mol. The summed E-state index contributed by atoms with van der Waals surface area (Å²) in [5.74, 6) is 0.0522. The molecule has 0 aliphatic heterocycles. The molecule has 3 aromatic carbocycles. The molecule has 25 heavy (non-hydrogen) atoms. The first-order valence-corrected chi connectivity index (χ1v) is 9.18. The summed E-state index contributed by atoms with van der Waals surface area (Å²) in [4.78, 5) is 16.8. The van der Waals surface area contributed by atoms with E-state index in [0.29, 0.717) is 13.0 Å². The number of nitrogens with one attached hydrogen (secondary N) is 1. The van der Waals surface area contributed by atoms with Crippen LogP contribution in [0.4, 0.5) is 0 Å². The molecule has 1 N–H and O–H groups in total. The molecule has 1 heterocycles. The van der Waals surface area contributed by atoms with Crippen molar-refractivity contribution in [2.75, 3.05) is 6.54 Å². The van der Waals surface area contributed by atoms with E-state index in [-0.39, 0.29) is 5.91 Å². The van der Waals surface area contributed by atoms with Crippen LogP contribution in [0.3, 0.4) is 0 Å². The highest BCUT2D eigenvalue weighted by Gasteiger charge is 2.06. The average Bonchev–Trinajstić information content (AvgIpc) is 3.04. The lowest BCUT2D eigenvalue weighted by atomic mass is 10.0. The molecular formula is C21H18N2OS. The Kier molecular flexibility index (Phi) is 4.44. The molecule has 124 valence electrons. The minimum Gasteiger partial charge on any atom is -0.355 e. The van der Waals surface area contributed by atoms with Crippen LogP contribution in [0.15, 0.2) is 66.7 Å². The van der Waals surface area contributed by atoms with E-state index in [1.807, 2.05) is 36.4 Å². The Bertz CT molecular complexity index is 1010. The van der Waals surface area contributed by atoms with Gasteiger partial charge in [0, 0.05) is 13.0 Å². The predicted molar refractivity (Wildman–Crippen MR) is 104 cm³/mol. The molecule has 0 aliphatic rings. The highest BCUT2D eigenvalue weighted by molar-refractivity contribution is 7.18. The fourth-order valence-electron chi connectivity index (χ4n) is 2.93. The summed E-state index contributed by atoms with van der Waals surface area (Å²) >= 11 is 1.69. The number of amides is 1. The minimum atomic E-state index is 0.0522. The van der Waals surface area contributed by atoms with Gasteiger partial charge in [0.05, 0.1) is 21.6 Å². The highest BCUT2D eigenvalue weighted by atomic mass is 32.1. The van der Waals surface area contributed by atoms with Crippen LogP contribution < -0.4 is 5.32 Å². The number of carbonyl (C=O) groups is 1. The molecule has 0 atom stereocenters. The van der Waals surface area contributed by atoms with Gasteiger partial charge in [-0.05, 0) is 28.5 Å². The van der Waals surface area contributed by atoms with E-state index in [1.165, 1.54) is 15.5 Å². The van der Waals surface area contributed by atoms with Gasteiger partial charge >= 0.3 is 0 Å². The summed E-state index contributed by atoms with van der Waals surface area (Å²) in [6, 6.07) is 22.5. The Morgan fingerprint density at radius 1 is 0.960 bits per heavy atom. The van der Waals surface area contributed by atoms with Crippen molar-refractivity contribution in [2.24, 2.45) is 0 Å². The van der Waals surface area contributed by atoms with Gasteiger partial charge in [-0.2, -0.15) is 0 Å². The molecular weight excluding hydrogens is 328 g/mol. The first kappa shape index (κ1) is 15.8. The van der Waals surface area contributed by atoms with Crippen LogP contribution in [0.2, 0.25) is 0 Å². The third kappa shape index (κ3) is 3.69. The fourth-order valence-corrected chi connectivity index (χ4v) is 3.90. The second-order valence-electron chi connectivity index (χ2n) is 6.03. The number of hydrogen-bond acceptors (Lipinski definition) is 3. The summed E-state index contributed by atoms with van der Waals surface area (Å²) in [6.45, 7) is 0.617. The summed E-state index contributed by atoms with van der Waals surface area (Å²) < 4.78 is 1.19. The highest BCUT2D eigenvalue weighted by Crippen LogP contribution is 2.21. The lowest BCUT2D eigenvalue weighted by Crippen LogP contribution is -2.27. The van der Waals surface area contributed by atoms with Crippen molar-refractivity contribution in [3.05, 3.63) is 77.3 Å². The Morgan fingerprint density at radius 3 is 2.64 bits per heavy atom. The Morgan fingerprint density at radius 2 is 1.76 bits per heavy atom. The van der Waals surface area contributed by atoms with Gasteiger partial charge in [-0.3, -0.25) is 4.79 Å².